The number of imidazole rings is 1. The first kappa shape index (κ1) is 14.0. The summed E-state index contributed by atoms with van der Waals surface area (Å²) in [6, 6.07) is 14.0. The molecule has 4 aromatic rings. The fraction of sp³-hybridized carbons (Fsp3) is 0.111. The van der Waals surface area contributed by atoms with E-state index in [2.05, 4.69) is 52.2 Å². The van der Waals surface area contributed by atoms with Gasteiger partial charge in [0.2, 0.25) is 0 Å². The summed E-state index contributed by atoms with van der Waals surface area (Å²) in [7, 11) is 0. The number of nitrogens with zero attached hydrogens (tertiary/aromatic N) is 2. The predicted molar refractivity (Wildman–Crippen MR) is 93.6 cm³/mol. The Hall–Kier alpha value is -2.59. The standard InChI is InChI=1S/C18H15ClN4/c1-10-3-4-12(7-11(10)2)15-9-17(23-22-15)18-20-14-6-5-13(19)8-16(14)21-18/h3-9H,1-2H3,(H,20,21)(H,22,23). The molecule has 0 fully saturated rings. The first-order valence-electron chi connectivity index (χ1n) is 7.39. The number of hydrogen-bond acceptors (Lipinski definition) is 2. The topological polar surface area (TPSA) is 57.4 Å². The lowest BCUT2D eigenvalue weighted by atomic mass is 10.0. The van der Waals surface area contributed by atoms with Gasteiger partial charge in [-0.05, 0) is 55.3 Å². The van der Waals surface area contributed by atoms with Crippen molar-refractivity contribution in [2.24, 2.45) is 0 Å². The Morgan fingerprint density at radius 2 is 1.83 bits per heavy atom. The Bertz CT molecular complexity index is 1010. The molecule has 0 saturated carbocycles. The van der Waals surface area contributed by atoms with Crippen molar-refractivity contribution in [2.75, 3.05) is 0 Å². The van der Waals surface area contributed by atoms with Crippen molar-refractivity contribution in [1.29, 1.82) is 0 Å². The molecule has 0 amide bonds. The molecule has 0 unspecified atom stereocenters. The Morgan fingerprint density at radius 1 is 0.957 bits per heavy atom. The van der Waals surface area contributed by atoms with Crippen LogP contribution < -0.4 is 0 Å². The molecule has 0 aliphatic heterocycles. The average molecular weight is 323 g/mol. The molecule has 2 aromatic heterocycles. The van der Waals surface area contributed by atoms with E-state index in [1.165, 1.54) is 11.1 Å². The Balaban J connectivity index is 1.75. The number of fused-ring (bicyclic) bond motifs is 1. The number of halogens is 1. The minimum Gasteiger partial charge on any atom is -0.337 e. The van der Waals surface area contributed by atoms with Gasteiger partial charge in [0.1, 0.15) is 5.69 Å². The number of aryl methyl sites for hydroxylation is 2. The molecular weight excluding hydrogens is 308 g/mol. The molecule has 23 heavy (non-hydrogen) atoms. The minimum atomic E-state index is 0.688. The third-order valence-corrected chi connectivity index (χ3v) is 4.31. The molecule has 0 saturated heterocycles. The monoisotopic (exact) mass is 322 g/mol. The van der Waals surface area contributed by atoms with Gasteiger partial charge in [-0.2, -0.15) is 5.10 Å². The van der Waals surface area contributed by atoms with Crippen LogP contribution in [0, 0.1) is 13.8 Å². The van der Waals surface area contributed by atoms with Crippen LogP contribution in [0.3, 0.4) is 0 Å². The summed E-state index contributed by atoms with van der Waals surface area (Å²) in [5.74, 6) is 0.754. The van der Waals surface area contributed by atoms with E-state index < -0.39 is 0 Å². The van der Waals surface area contributed by atoms with Crippen molar-refractivity contribution in [1.82, 2.24) is 20.2 Å². The molecule has 5 heteroatoms. The molecule has 4 rings (SSSR count). The second kappa shape index (κ2) is 5.25. The van der Waals surface area contributed by atoms with Gasteiger partial charge in [-0.25, -0.2) is 4.98 Å². The van der Waals surface area contributed by atoms with Crippen LogP contribution in [0.2, 0.25) is 5.02 Å². The highest BCUT2D eigenvalue weighted by Crippen LogP contribution is 2.26. The molecule has 4 nitrogen and oxygen atoms in total. The maximum absolute atomic E-state index is 6.02. The van der Waals surface area contributed by atoms with Crippen molar-refractivity contribution in [3.05, 3.63) is 58.6 Å². The number of hydrogen-bond donors (Lipinski definition) is 2. The van der Waals surface area contributed by atoms with Crippen LogP contribution in [-0.4, -0.2) is 20.2 Å². The molecule has 0 radical (unpaired) electrons. The maximum Gasteiger partial charge on any atom is 0.156 e. The first-order chi connectivity index (χ1) is 11.1. The maximum atomic E-state index is 6.02. The zero-order valence-electron chi connectivity index (χ0n) is 12.8. The Labute approximate surface area is 138 Å². The van der Waals surface area contributed by atoms with Gasteiger partial charge in [-0.15, -0.1) is 0 Å². The largest absolute Gasteiger partial charge is 0.337 e. The lowest BCUT2D eigenvalue weighted by Crippen LogP contribution is -1.83. The van der Waals surface area contributed by atoms with E-state index in [-0.39, 0.29) is 0 Å². The normalized spacial score (nSPS) is 11.3. The summed E-state index contributed by atoms with van der Waals surface area (Å²) >= 11 is 6.02. The molecule has 0 aliphatic carbocycles. The van der Waals surface area contributed by atoms with Crippen LogP contribution >= 0.6 is 11.6 Å². The number of benzene rings is 2. The summed E-state index contributed by atoms with van der Waals surface area (Å²) in [4.78, 5) is 7.85. The molecule has 0 atom stereocenters. The molecule has 0 spiro atoms. The molecule has 114 valence electrons. The molecule has 2 aromatic carbocycles. The van der Waals surface area contributed by atoms with Crippen LogP contribution in [-0.2, 0) is 0 Å². The molecule has 0 aliphatic rings. The van der Waals surface area contributed by atoms with Crippen LogP contribution in [0.4, 0.5) is 0 Å². The molecule has 0 bridgehead atoms. The van der Waals surface area contributed by atoms with Crippen molar-refractivity contribution in [3.63, 3.8) is 0 Å². The smallest absolute Gasteiger partial charge is 0.156 e. The summed E-state index contributed by atoms with van der Waals surface area (Å²) < 4.78 is 0. The van der Waals surface area contributed by atoms with Gasteiger partial charge in [0.15, 0.2) is 5.82 Å². The summed E-state index contributed by atoms with van der Waals surface area (Å²) in [5.41, 5.74) is 7.17. The van der Waals surface area contributed by atoms with Crippen molar-refractivity contribution in [2.45, 2.75) is 13.8 Å². The van der Waals surface area contributed by atoms with Crippen LogP contribution in [0.5, 0.6) is 0 Å². The quantitative estimate of drug-likeness (QED) is 0.552. The predicted octanol–water partition coefficient (Wildman–Crippen LogP) is 4.89. The van der Waals surface area contributed by atoms with E-state index in [9.17, 15) is 0 Å². The van der Waals surface area contributed by atoms with E-state index in [1.54, 1.807) is 0 Å². The molecule has 2 heterocycles. The second-order valence-corrected chi connectivity index (χ2v) is 6.15. The lowest BCUT2D eigenvalue weighted by molar-refractivity contribution is 1.08. The third kappa shape index (κ3) is 2.51. The van der Waals surface area contributed by atoms with Gasteiger partial charge in [0.25, 0.3) is 0 Å². The number of aromatic nitrogens is 4. The highest BCUT2D eigenvalue weighted by atomic mass is 35.5. The average Bonchev–Trinajstić information content (AvgIpc) is 3.15. The summed E-state index contributed by atoms with van der Waals surface area (Å²) in [5, 5.41) is 8.15. The van der Waals surface area contributed by atoms with Crippen molar-refractivity contribution >= 4 is 22.6 Å². The second-order valence-electron chi connectivity index (χ2n) is 5.71. The highest BCUT2D eigenvalue weighted by molar-refractivity contribution is 6.31. The van der Waals surface area contributed by atoms with Gasteiger partial charge in [0, 0.05) is 10.6 Å². The van der Waals surface area contributed by atoms with Crippen molar-refractivity contribution in [3.8, 4) is 22.8 Å². The van der Waals surface area contributed by atoms with E-state index in [0.29, 0.717) is 5.02 Å². The first-order valence-corrected chi connectivity index (χ1v) is 7.76. The van der Waals surface area contributed by atoms with E-state index >= 15 is 0 Å². The zero-order valence-corrected chi connectivity index (χ0v) is 13.6. The fourth-order valence-electron chi connectivity index (χ4n) is 2.60. The third-order valence-electron chi connectivity index (χ3n) is 4.08. The van der Waals surface area contributed by atoms with E-state index in [4.69, 9.17) is 11.6 Å². The number of rotatable bonds is 2. The number of nitrogens with one attached hydrogen (secondary N) is 2. The Morgan fingerprint density at radius 3 is 2.65 bits per heavy atom. The van der Waals surface area contributed by atoms with Crippen LogP contribution in [0.25, 0.3) is 33.8 Å². The van der Waals surface area contributed by atoms with Gasteiger partial charge in [0.05, 0.1) is 16.7 Å². The summed E-state index contributed by atoms with van der Waals surface area (Å²) in [6.45, 7) is 4.21. The number of H-pyrrole nitrogens is 2. The van der Waals surface area contributed by atoms with Crippen LogP contribution in [0.1, 0.15) is 11.1 Å². The van der Waals surface area contributed by atoms with Gasteiger partial charge in [-0.1, -0.05) is 23.7 Å². The summed E-state index contributed by atoms with van der Waals surface area (Å²) in [6.07, 6.45) is 0. The molecule has 2 N–H and O–H groups in total. The SMILES string of the molecule is Cc1ccc(-c2cc(-c3nc4ccc(Cl)cc4[nH]3)[nH]n2)cc1C. The van der Waals surface area contributed by atoms with E-state index in [1.807, 2.05) is 24.3 Å². The van der Waals surface area contributed by atoms with Crippen molar-refractivity contribution < 1.29 is 0 Å². The minimum absolute atomic E-state index is 0.688. The lowest BCUT2D eigenvalue weighted by Gasteiger charge is -2.01. The van der Waals surface area contributed by atoms with E-state index in [0.717, 1.165) is 33.8 Å². The van der Waals surface area contributed by atoms with Crippen LogP contribution in [0.15, 0.2) is 42.5 Å². The highest BCUT2D eigenvalue weighted by Gasteiger charge is 2.10. The van der Waals surface area contributed by atoms with Gasteiger partial charge in [-0.3, -0.25) is 5.10 Å². The van der Waals surface area contributed by atoms with Gasteiger partial charge >= 0.3 is 0 Å². The number of aromatic amines is 2. The zero-order chi connectivity index (χ0) is 16.0. The Kier molecular flexibility index (Phi) is 3.20. The van der Waals surface area contributed by atoms with Gasteiger partial charge < -0.3 is 4.98 Å². The fourth-order valence-corrected chi connectivity index (χ4v) is 2.77. The molecular formula is C18H15ClN4.